The molecule has 0 aromatic carbocycles. The van der Waals surface area contributed by atoms with Crippen molar-refractivity contribution >= 4 is 36.7 Å². The van der Waals surface area contributed by atoms with Crippen LogP contribution in [0.5, 0.6) is 0 Å². The second kappa shape index (κ2) is 12.0. The van der Waals surface area contributed by atoms with E-state index in [-0.39, 0.29) is 38.1 Å². The monoisotopic (exact) mass is 606 g/mol. The number of ether oxygens (including phenoxy) is 7. The van der Waals surface area contributed by atoms with Gasteiger partial charge in [0, 0.05) is 35.7 Å². The molecule has 0 amide bonds. The van der Waals surface area contributed by atoms with Crippen LogP contribution in [0.3, 0.4) is 0 Å². The maximum atomic E-state index is 13.7. The van der Waals surface area contributed by atoms with Crippen molar-refractivity contribution in [2.75, 3.05) is 32.2 Å². The van der Waals surface area contributed by atoms with E-state index in [1.807, 2.05) is 13.8 Å². The topological polar surface area (TPSA) is 136 Å². The molecule has 0 aromatic rings. The molecule has 3 heterocycles. The van der Waals surface area contributed by atoms with E-state index in [4.69, 9.17) is 33.2 Å². The number of thiol groups is 1. The van der Waals surface area contributed by atoms with Crippen molar-refractivity contribution in [2.45, 2.75) is 76.5 Å². The van der Waals surface area contributed by atoms with E-state index in [9.17, 15) is 19.2 Å². The molecule has 0 unspecified atom stereocenters. The minimum atomic E-state index is -1.32. The van der Waals surface area contributed by atoms with Crippen LogP contribution in [-0.2, 0) is 47.5 Å². The zero-order chi connectivity index (χ0) is 30.1. The number of carbonyl (C=O) groups is 4. The first-order chi connectivity index (χ1) is 20.1. The summed E-state index contributed by atoms with van der Waals surface area (Å²) in [5.74, 6) is -2.26. The van der Waals surface area contributed by atoms with Gasteiger partial charge in [-0.25, -0.2) is 19.2 Å². The number of esters is 3. The van der Waals surface area contributed by atoms with Crippen molar-refractivity contribution in [3.8, 4) is 0 Å². The van der Waals surface area contributed by atoms with Crippen molar-refractivity contribution in [2.24, 2.45) is 16.7 Å². The lowest BCUT2D eigenvalue weighted by Gasteiger charge is -2.58. The highest BCUT2D eigenvalue weighted by molar-refractivity contribution is 7.80. The number of cyclic esters (lactones) is 2. The molecule has 2 saturated heterocycles. The van der Waals surface area contributed by atoms with Gasteiger partial charge in [0.1, 0.15) is 24.9 Å². The lowest BCUT2D eigenvalue weighted by Crippen LogP contribution is -2.67. The van der Waals surface area contributed by atoms with E-state index in [2.05, 4.69) is 18.7 Å². The van der Waals surface area contributed by atoms with Crippen LogP contribution in [0.2, 0.25) is 0 Å². The Hall–Kier alpha value is -2.83. The predicted octanol–water partition coefficient (Wildman–Crippen LogP) is 3.26. The minimum Gasteiger partial charge on any atom is -0.463 e. The van der Waals surface area contributed by atoms with E-state index >= 15 is 0 Å². The van der Waals surface area contributed by atoms with Crippen molar-refractivity contribution < 1.29 is 52.3 Å². The molecular formula is C30H38O11S. The fraction of sp³-hybridized carbons (Fsp3) is 0.667. The second-order valence-electron chi connectivity index (χ2n) is 11.9. The Balaban J connectivity index is 1.50. The minimum absolute atomic E-state index is 0.00597. The molecule has 0 N–H and O–H groups in total. The highest BCUT2D eigenvalue weighted by Gasteiger charge is 2.83. The first kappa shape index (κ1) is 30.6. The summed E-state index contributed by atoms with van der Waals surface area (Å²) in [4.78, 5) is 51.1. The Kier molecular flexibility index (Phi) is 8.78. The quantitative estimate of drug-likeness (QED) is 0.167. The zero-order valence-corrected chi connectivity index (χ0v) is 25.0. The van der Waals surface area contributed by atoms with Crippen LogP contribution in [0, 0.1) is 16.7 Å². The molecule has 42 heavy (non-hydrogen) atoms. The number of epoxide rings is 1. The fourth-order valence-electron chi connectivity index (χ4n) is 7.07. The van der Waals surface area contributed by atoms with E-state index in [1.54, 1.807) is 6.92 Å². The molecule has 1 saturated carbocycles. The summed E-state index contributed by atoms with van der Waals surface area (Å²) in [5.41, 5.74) is -1.07. The number of hydrogen-bond donors (Lipinski definition) is 1. The van der Waals surface area contributed by atoms with Crippen LogP contribution < -0.4 is 0 Å². The summed E-state index contributed by atoms with van der Waals surface area (Å²) in [6.45, 7) is 6.11. The van der Waals surface area contributed by atoms with Crippen molar-refractivity contribution in [3.63, 3.8) is 0 Å². The molecule has 11 nitrogen and oxygen atoms in total. The predicted molar refractivity (Wildman–Crippen MR) is 149 cm³/mol. The summed E-state index contributed by atoms with van der Waals surface area (Å²) in [6.07, 6.45) is 5.64. The van der Waals surface area contributed by atoms with Crippen LogP contribution in [0.1, 0.15) is 46.5 Å². The van der Waals surface area contributed by atoms with Crippen LogP contribution in [-0.4, -0.2) is 86.3 Å². The Morgan fingerprint density at radius 1 is 1.10 bits per heavy atom. The van der Waals surface area contributed by atoms with Crippen LogP contribution in [0.25, 0.3) is 0 Å². The molecular weight excluding hydrogens is 568 g/mol. The first-order valence-corrected chi connectivity index (χ1v) is 15.0. The highest BCUT2D eigenvalue weighted by Crippen LogP contribution is 2.72. The molecule has 5 rings (SSSR count). The molecule has 5 aliphatic rings. The smallest absolute Gasteiger partial charge is 0.463 e. The van der Waals surface area contributed by atoms with E-state index in [0.29, 0.717) is 19.4 Å². The number of hydrogen-bond acceptors (Lipinski definition) is 12. The van der Waals surface area contributed by atoms with Gasteiger partial charge < -0.3 is 33.2 Å². The summed E-state index contributed by atoms with van der Waals surface area (Å²) in [5, 5.41) is 0. The van der Waals surface area contributed by atoms with Gasteiger partial charge in [-0.05, 0) is 26.2 Å². The van der Waals surface area contributed by atoms with Crippen molar-refractivity contribution in [3.05, 3.63) is 36.0 Å². The van der Waals surface area contributed by atoms with Gasteiger partial charge in [0.25, 0.3) is 0 Å². The maximum Gasteiger partial charge on any atom is 0.509 e. The van der Waals surface area contributed by atoms with Gasteiger partial charge in [-0.15, -0.1) is 0 Å². The van der Waals surface area contributed by atoms with Gasteiger partial charge in [-0.2, -0.15) is 12.6 Å². The normalized spacial score (nSPS) is 41.6. The highest BCUT2D eigenvalue weighted by atomic mass is 32.1. The van der Waals surface area contributed by atoms with Gasteiger partial charge in [0.15, 0.2) is 0 Å². The second-order valence-corrected chi connectivity index (χ2v) is 12.3. The van der Waals surface area contributed by atoms with Gasteiger partial charge in [0.05, 0.1) is 30.8 Å². The van der Waals surface area contributed by atoms with Crippen molar-refractivity contribution in [1.82, 2.24) is 0 Å². The molecule has 3 fully saturated rings. The molecule has 230 valence electrons. The van der Waals surface area contributed by atoms with Crippen LogP contribution in [0.15, 0.2) is 36.0 Å². The zero-order valence-electron chi connectivity index (χ0n) is 24.1. The third-order valence-corrected chi connectivity index (χ3v) is 9.81. The average molecular weight is 607 g/mol. The molecule has 3 aliphatic heterocycles. The number of rotatable bonds is 3. The Labute approximate surface area is 250 Å². The third kappa shape index (κ3) is 5.37. The lowest BCUT2D eigenvalue weighted by molar-refractivity contribution is -0.234. The third-order valence-electron chi connectivity index (χ3n) is 9.62. The summed E-state index contributed by atoms with van der Waals surface area (Å²) >= 11 is 4.03. The van der Waals surface area contributed by atoms with Crippen LogP contribution >= 0.6 is 12.6 Å². The summed E-state index contributed by atoms with van der Waals surface area (Å²) in [6, 6.07) is 0. The standard InChI is InChI=1S/C30H38O11S/c1-18-8-10-29-16-37-26(33)25(41-27(34)36-12-13-42)19(2)9-11-35-23(31)6-4-5-7-24(32)40-20-15-22(39-21(29)14-18)30(17-38-30)28(20,29)3/h4-7,14,19-22,25,42H,8-13,15-17H2,1-3H3/b6-4+,7-5-/t19-,20-,21-,22-,25+,28-,29-,30+/m1/s1. The summed E-state index contributed by atoms with van der Waals surface area (Å²) < 4.78 is 40.5. The lowest BCUT2D eigenvalue weighted by atomic mass is 9.51. The largest absolute Gasteiger partial charge is 0.509 e. The van der Waals surface area contributed by atoms with E-state index in [1.165, 1.54) is 24.3 Å². The Morgan fingerprint density at radius 2 is 1.83 bits per heavy atom. The van der Waals surface area contributed by atoms with Gasteiger partial charge in [-0.1, -0.05) is 37.6 Å². The van der Waals surface area contributed by atoms with Gasteiger partial charge >= 0.3 is 24.1 Å². The van der Waals surface area contributed by atoms with E-state index in [0.717, 1.165) is 12.0 Å². The molecule has 0 radical (unpaired) electrons. The Bertz CT molecular complexity index is 1190. The van der Waals surface area contributed by atoms with Gasteiger partial charge in [-0.3, -0.25) is 0 Å². The maximum absolute atomic E-state index is 13.7. The molecule has 8 atom stereocenters. The molecule has 2 aliphatic carbocycles. The van der Waals surface area contributed by atoms with Gasteiger partial charge in [0.2, 0.25) is 6.10 Å². The number of carbonyl (C=O) groups excluding carboxylic acids is 4. The molecule has 12 heteroatoms. The Morgan fingerprint density at radius 3 is 2.55 bits per heavy atom. The fourth-order valence-corrected chi connectivity index (χ4v) is 7.16. The first-order valence-electron chi connectivity index (χ1n) is 14.4. The van der Waals surface area contributed by atoms with Crippen molar-refractivity contribution in [1.29, 1.82) is 0 Å². The molecule has 2 bridgehead atoms. The summed E-state index contributed by atoms with van der Waals surface area (Å²) in [7, 11) is 0. The molecule has 2 spiro atoms. The number of allylic oxidation sites excluding steroid dienone is 3. The SMILES string of the molecule is CC1=C[C@H]2O[C@@H]3C[C@H]4OC(=O)/C=C\C=C\C(=O)OCC[C@@H](C)[C@H](OC(=O)OCCS)C(=O)OC[C@@]2(CC1)[C@]4(C)[C@]31CO1. The van der Waals surface area contributed by atoms with Crippen LogP contribution in [0.4, 0.5) is 4.79 Å². The average Bonchev–Trinajstić information content (AvgIpc) is 3.74. The molecule has 0 aromatic heterocycles. The van der Waals surface area contributed by atoms with E-state index < -0.39 is 64.7 Å².